The third-order valence-corrected chi connectivity index (χ3v) is 16.7. The van der Waals surface area contributed by atoms with Gasteiger partial charge in [-0.2, -0.15) is 0 Å². The monoisotopic (exact) mass is 1240 g/mol. The number of fused-ring (bicyclic) bond motifs is 5. The van der Waals surface area contributed by atoms with Crippen molar-refractivity contribution in [3.63, 3.8) is 0 Å². The molecule has 0 radical (unpaired) electrons. The number of alkyl carbamates (subject to hydrolysis) is 1. The molecule has 0 saturated carbocycles. The van der Waals surface area contributed by atoms with Crippen LogP contribution in [0.4, 0.5) is 4.79 Å². The van der Waals surface area contributed by atoms with Gasteiger partial charge in [0, 0.05) is 102 Å². The number of pyridine rings is 2. The number of esters is 2. The number of ether oxygens (including phenoxy) is 3. The summed E-state index contributed by atoms with van der Waals surface area (Å²) in [5.41, 5.74) is 6.81. The Balaban J connectivity index is 0.934. The van der Waals surface area contributed by atoms with E-state index in [2.05, 4.69) is 40.9 Å². The highest BCUT2D eigenvalue weighted by Crippen LogP contribution is 2.42. The van der Waals surface area contributed by atoms with E-state index in [1.54, 1.807) is 43.4 Å². The molecule has 3 aliphatic heterocycles. The zero-order chi connectivity index (χ0) is 65.5. The number of likely N-dealkylation sites (N-methyl/N-ethyl adjacent to an activating group) is 6. The van der Waals surface area contributed by atoms with Crippen molar-refractivity contribution in [2.75, 3.05) is 140 Å². The Morgan fingerprint density at radius 3 is 1.92 bits per heavy atom. The van der Waals surface area contributed by atoms with Crippen molar-refractivity contribution in [3.05, 3.63) is 62.9 Å². The first kappa shape index (κ1) is 71.0. The number of aryl methyl sites for hydroxylation is 1. The average Bonchev–Trinajstić information content (AvgIpc) is 1.69. The third-order valence-electron chi connectivity index (χ3n) is 16.7. The minimum atomic E-state index is -2.05. The smallest absolute Gasteiger partial charge is 0.407 e. The highest BCUT2D eigenvalue weighted by Gasteiger charge is 2.52. The number of carbonyl (C=O) groups is 8. The van der Waals surface area contributed by atoms with Crippen LogP contribution in [0, 0.1) is 5.92 Å². The van der Waals surface area contributed by atoms with Crippen molar-refractivity contribution in [2.24, 2.45) is 11.7 Å². The van der Waals surface area contributed by atoms with Gasteiger partial charge in [-0.3, -0.25) is 38.6 Å². The number of nitrogens with one attached hydrogen (secondary N) is 4. The molecule has 4 atom stereocenters. The molecule has 5 heterocycles. The van der Waals surface area contributed by atoms with E-state index in [0.717, 1.165) is 61.3 Å². The first-order chi connectivity index (χ1) is 42.0. The van der Waals surface area contributed by atoms with Gasteiger partial charge in [-0.05, 0) is 112 Å². The van der Waals surface area contributed by atoms with E-state index < -0.39 is 88.9 Å². The van der Waals surface area contributed by atoms with Gasteiger partial charge >= 0.3 is 18.0 Å². The summed E-state index contributed by atoms with van der Waals surface area (Å²) >= 11 is 0. The molecule has 89 heavy (non-hydrogen) atoms. The zero-order valence-corrected chi connectivity index (χ0v) is 54.8. The lowest BCUT2D eigenvalue weighted by atomic mass is 9.85. The van der Waals surface area contributed by atoms with Gasteiger partial charge < -0.3 is 70.3 Å². The Morgan fingerprint density at radius 1 is 0.775 bits per heavy atom. The first-order valence-electron chi connectivity index (χ1n) is 31.2. The first-order valence-corrected chi connectivity index (χ1v) is 31.2. The molecule has 3 aromatic rings. The van der Waals surface area contributed by atoms with E-state index in [1.165, 1.54) is 4.90 Å². The molecule has 1 saturated heterocycles. The lowest BCUT2D eigenvalue weighted by Gasteiger charge is -2.37. The minimum Gasteiger partial charge on any atom is -0.457 e. The van der Waals surface area contributed by atoms with Crippen LogP contribution in [0.15, 0.2) is 35.1 Å². The van der Waals surface area contributed by atoms with E-state index in [0.29, 0.717) is 63.5 Å². The van der Waals surface area contributed by atoms with E-state index >= 15 is 0 Å². The predicted molar refractivity (Wildman–Crippen MR) is 337 cm³/mol. The number of primary amides is 1. The van der Waals surface area contributed by atoms with E-state index in [4.69, 9.17) is 24.9 Å². The van der Waals surface area contributed by atoms with Crippen molar-refractivity contribution >= 4 is 58.5 Å². The molecule has 492 valence electrons. The molecule has 26 nitrogen and oxygen atoms in total. The van der Waals surface area contributed by atoms with Crippen LogP contribution >= 0.6 is 0 Å². The fourth-order valence-corrected chi connectivity index (χ4v) is 11.4. The highest BCUT2D eigenvalue weighted by atomic mass is 16.6. The highest BCUT2D eigenvalue weighted by molar-refractivity contribution is 5.97. The molecule has 0 spiro atoms. The Bertz CT molecular complexity index is 3080. The Kier molecular flexibility index (Phi) is 25.6. The molecule has 6 amide bonds. The van der Waals surface area contributed by atoms with Crippen molar-refractivity contribution in [2.45, 2.75) is 123 Å². The van der Waals surface area contributed by atoms with Gasteiger partial charge in [0.05, 0.1) is 48.5 Å². The number of aromatic nitrogens is 2. The Morgan fingerprint density at radius 2 is 1.35 bits per heavy atom. The van der Waals surface area contributed by atoms with Crippen molar-refractivity contribution in [1.29, 1.82) is 0 Å². The molecule has 0 aliphatic carbocycles. The number of nitrogens with zero attached hydrogens (tertiary/aromatic N) is 9. The van der Waals surface area contributed by atoms with Gasteiger partial charge in [0.2, 0.25) is 35.1 Å². The van der Waals surface area contributed by atoms with Gasteiger partial charge in [-0.25, -0.2) is 19.4 Å². The summed E-state index contributed by atoms with van der Waals surface area (Å²) < 4.78 is 18.7. The second-order valence-corrected chi connectivity index (χ2v) is 25.5. The van der Waals surface area contributed by atoms with Gasteiger partial charge in [0.1, 0.15) is 30.3 Å². The number of likely N-dealkylation sites (tertiary alicyclic amines) is 1. The Hall–Kier alpha value is -7.10. The van der Waals surface area contributed by atoms with Crippen LogP contribution in [0.25, 0.3) is 22.3 Å². The number of para-hydroxylation sites is 1. The number of nitrogens with two attached hydrogens (primary N) is 1. The van der Waals surface area contributed by atoms with Gasteiger partial charge in [-0.1, -0.05) is 45.9 Å². The maximum atomic E-state index is 14.5. The fourth-order valence-electron chi connectivity index (χ4n) is 11.4. The summed E-state index contributed by atoms with van der Waals surface area (Å²) in [5, 5.41) is 12.2. The summed E-state index contributed by atoms with van der Waals surface area (Å²) in [5.74, 6) is -5.17. The molecule has 6 N–H and O–H groups in total. The van der Waals surface area contributed by atoms with Crippen LogP contribution in [-0.4, -0.2) is 256 Å². The molecule has 2 aromatic heterocycles. The van der Waals surface area contributed by atoms with Gasteiger partial charge in [0.15, 0.2) is 0 Å². The maximum Gasteiger partial charge on any atom is 0.407 e. The second kappa shape index (κ2) is 32.1. The van der Waals surface area contributed by atoms with E-state index in [-0.39, 0.29) is 62.7 Å². The lowest BCUT2D eigenvalue weighted by Crippen LogP contribution is -2.58. The number of benzene rings is 1. The molecule has 6 rings (SSSR count). The van der Waals surface area contributed by atoms with Crippen molar-refractivity contribution < 1.29 is 52.6 Å². The van der Waals surface area contributed by atoms with Gasteiger partial charge in [0.25, 0.3) is 5.56 Å². The number of carbonyl (C=O) groups excluding carboxylic acids is 8. The fraction of sp³-hybridized carbons (Fsp3) is 0.651. The number of hydrogen-bond acceptors (Lipinski definition) is 19. The minimum absolute atomic E-state index is 0.0475. The normalized spacial score (nSPS) is 17.1. The maximum absolute atomic E-state index is 14.5. The van der Waals surface area contributed by atoms with Crippen LogP contribution < -0.4 is 32.6 Å². The summed E-state index contributed by atoms with van der Waals surface area (Å²) in [6.07, 6.45) is 0.287. The molecule has 0 unspecified atom stereocenters. The van der Waals surface area contributed by atoms with Crippen molar-refractivity contribution in [1.82, 2.24) is 65.1 Å². The number of rotatable bonds is 33. The standard InChI is InChI=1S/C63H98N14O12/c1-14-42-43-19-16-17-20-47(43)68-55-44(42)37-77-50(55)35-46-45(57(77)82)40-87-60(85)63(46,15-2)88-59(84)54(41(3)4)69-56(81)49-21-18-24-76(49)58(83)48(36-51(64)78)67-53(80)39-75(13)34-32-73(11)29-27-70(8)25-22-65-52(79)38-74(12)33-31-72(10)30-28-71(9)26-23-66-61(86)89-62(5,6)7/h16-17,19-20,35,41,48-49,54H,14-15,18,21-34,36-40H2,1-13H3,(H2,64,78)(H,65,79)(H,66,86)(H,67,80)(H,69,81)/t48-,49-,54-,63-/m0/s1. The zero-order valence-electron chi connectivity index (χ0n) is 54.8. The molecule has 1 fully saturated rings. The summed E-state index contributed by atoms with van der Waals surface area (Å²) in [6, 6.07) is 5.68. The SMILES string of the molecule is CCc1c2c(nc3ccccc13)-c1cc3c(c(=O)n1C2)COC(=O)[C@@]3(CC)OC(=O)[C@@H](NC(=O)[C@@H]1CCCN1C(=O)[C@H](CC(N)=O)NC(=O)CN(C)CCN(C)CCN(C)CCNC(=O)CN(C)CCN(C)CCN(C)CCNC(=O)OC(C)(C)C)C(C)C. The Labute approximate surface area is 523 Å². The third kappa shape index (κ3) is 19.2. The molecular weight excluding hydrogens is 1140 g/mol. The van der Waals surface area contributed by atoms with Crippen LogP contribution in [0.2, 0.25) is 0 Å². The molecule has 26 heteroatoms. The molecule has 3 aliphatic rings. The topological polar surface area (TPSA) is 296 Å². The van der Waals surface area contributed by atoms with Crippen LogP contribution in [0.5, 0.6) is 0 Å². The quantitative estimate of drug-likeness (QED) is 0.0327. The molecule has 1 aromatic carbocycles. The lowest BCUT2D eigenvalue weighted by molar-refractivity contribution is -0.191. The largest absolute Gasteiger partial charge is 0.457 e. The van der Waals surface area contributed by atoms with Crippen molar-refractivity contribution in [3.8, 4) is 11.4 Å². The number of cyclic esters (lactones) is 1. The summed E-state index contributed by atoms with van der Waals surface area (Å²) in [7, 11) is 11.7. The summed E-state index contributed by atoms with van der Waals surface area (Å²) in [4.78, 5) is 140. The van der Waals surface area contributed by atoms with E-state index in [1.807, 2.05) is 92.1 Å². The predicted octanol–water partition coefficient (Wildman–Crippen LogP) is 0.917. The summed E-state index contributed by atoms with van der Waals surface area (Å²) in [6.45, 7) is 20.9. The van der Waals surface area contributed by atoms with Crippen LogP contribution in [0.3, 0.4) is 0 Å². The average molecular weight is 1240 g/mol. The second-order valence-electron chi connectivity index (χ2n) is 25.5. The number of hydrogen-bond donors (Lipinski definition) is 5. The van der Waals surface area contributed by atoms with Crippen LogP contribution in [-0.2, 0) is 72.9 Å². The molecule has 0 bridgehead atoms. The van der Waals surface area contributed by atoms with Gasteiger partial charge in [-0.15, -0.1) is 0 Å². The van der Waals surface area contributed by atoms with Crippen LogP contribution in [0.1, 0.15) is 96.4 Å². The number of amides is 6. The molecular formula is C63H98N14O12. The van der Waals surface area contributed by atoms with E-state index in [9.17, 15) is 43.2 Å².